The van der Waals surface area contributed by atoms with Crippen molar-refractivity contribution in [1.29, 1.82) is 5.26 Å². The average Bonchev–Trinajstić information content (AvgIpc) is 2.63. The predicted molar refractivity (Wildman–Crippen MR) is 112 cm³/mol. The number of anilines is 1. The van der Waals surface area contributed by atoms with Crippen molar-refractivity contribution in [3.63, 3.8) is 0 Å². The molecular weight excluding hydrogens is 429 g/mol. The van der Waals surface area contributed by atoms with Gasteiger partial charge in [-0.25, -0.2) is 9.69 Å². The third-order valence-corrected chi connectivity index (χ3v) is 4.74. The van der Waals surface area contributed by atoms with Gasteiger partial charge in [-0.15, -0.1) is 0 Å². The van der Waals surface area contributed by atoms with Crippen molar-refractivity contribution in [2.24, 2.45) is 0 Å². The second-order valence-corrected chi connectivity index (χ2v) is 7.38. The molecule has 1 heterocycles. The molecule has 0 spiro atoms. The van der Waals surface area contributed by atoms with E-state index in [-0.39, 0.29) is 28.0 Å². The number of nitrogens with zero attached hydrogens (tertiary/aromatic N) is 2. The van der Waals surface area contributed by atoms with Crippen molar-refractivity contribution >= 4 is 52.8 Å². The number of halogens is 2. The molecule has 2 aromatic rings. The highest BCUT2D eigenvalue weighted by atomic mass is 35.5. The Balaban J connectivity index is 2.02. The first-order valence-electron chi connectivity index (χ1n) is 8.70. The van der Waals surface area contributed by atoms with E-state index >= 15 is 0 Å². The molecule has 7 nitrogen and oxygen atoms in total. The third kappa shape index (κ3) is 4.30. The van der Waals surface area contributed by atoms with Gasteiger partial charge in [0, 0.05) is 0 Å². The molecular formula is C21H15Cl2N3O4. The minimum absolute atomic E-state index is 0.107. The molecule has 0 aromatic heterocycles. The number of nitriles is 1. The maximum absolute atomic E-state index is 13.0. The molecule has 152 valence electrons. The molecule has 0 bridgehead atoms. The van der Waals surface area contributed by atoms with E-state index in [1.54, 1.807) is 12.1 Å². The molecule has 0 saturated carbocycles. The van der Waals surface area contributed by atoms with Crippen LogP contribution in [0.25, 0.3) is 6.08 Å². The molecule has 0 unspecified atom stereocenters. The summed E-state index contributed by atoms with van der Waals surface area (Å²) in [6, 6.07) is 9.10. The number of hydrogen-bond acceptors (Lipinski definition) is 5. The van der Waals surface area contributed by atoms with E-state index in [4.69, 9.17) is 33.2 Å². The summed E-state index contributed by atoms with van der Waals surface area (Å²) in [7, 11) is 0. The number of carbonyl (C=O) groups is 3. The van der Waals surface area contributed by atoms with Crippen LogP contribution in [0.3, 0.4) is 0 Å². The highest BCUT2D eigenvalue weighted by Crippen LogP contribution is 2.35. The van der Waals surface area contributed by atoms with Crippen molar-refractivity contribution < 1.29 is 19.1 Å². The maximum Gasteiger partial charge on any atom is 0.335 e. The topological polar surface area (TPSA) is 99.5 Å². The summed E-state index contributed by atoms with van der Waals surface area (Å²) < 4.78 is 5.17. The summed E-state index contributed by atoms with van der Waals surface area (Å²) in [5, 5.41) is 11.0. The molecule has 1 saturated heterocycles. The van der Waals surface area contributed by atoms with Gasteiger partial charge in [-0.1, -0.05) is 29.3 Å². The van der Waals surface area contributed by atoms with Gasteiger partial charge in [0.05, 0.1) is 15.7 Å². The lowest BCUT2D eigenvalue weighted by atomic mass is 10.1. The Morgan fingerprint density at radius 3 is 2.23 bits per heavy atom. The van der Waals surface area contributed by atoms with Gasteiger partial charge in [-0.05, 0) is 60.9 Å². The van der Waals surface area contributed by atoms with E-state index in [1.165, 1.54) is 18.2 Å². The SMILES string of the molecule is Cc1cc(C)cc(N2C(=O)NC(=O)/C(=C\c3cc(Cl)c(OCC#N)c(Cl)c3)C2=O)c1. The van der Waals surface area contributed by atoms with Gasteiger partial charge in [-0.2, -0.15) is 5.26 Å². The van der Waals surface area contributed by atoms with Crippen LogP contribution in [0.5, 0.6) is 5.75 Å². The number of urea groups is 1. The number of hydrogen-bond donors (Lipinski definition) is 1. The van der Waals surface area contributed by atoms with Crippen LogP contribution >= 0.6 is 23.2 Å². The Morgan fingerprint density at radius 2 is 1.67 bits per heavy atom. The number of rotatable bonds is 4. The first kappa shape index (κ1) is 21.4. The van der Waals surface area contributed by atoms with Crippen LogP contribution in [0.15, 0.2) is 35.9 Å². The van der Waals surface area contributed by atoms with Gasteiger partial charge in [0.1, 0.15) is 11.6 Å². The van der Waals surface area contributed by atoms with Crippen LogP contribution in [-0.2, 0) is 9.59 Å². The van der Waals surface area contributed by atoms with Gasteiger partial charge in [0.2, 0.25) is 0 Å². The monoisotopic (exact) mass is 443 g/mol. The molecule has 0 atom stereocenters. The third-order valence-electron chi connectivity index (χ3n) is 4.18. The highest BCUT2D eigenvalue weighted by molar-refractivity contribution is 6.40. The van der Waals surface area contributed by atoms with Crippen molar-refractivity contribution in [3.8, 4) is 11.8 Å². The fraction of sp³-hybridized carbons (Fsp3) is 0.143. The quantitative estimate of drug-likeness (QED) is 0.564. The molecule has 4 amide bonds. The second-order valence-electron chi connectivity index (χ2n) is 6.56. The Kier molecular flexibility index (Phi) is 6.11. The van der Waals surface area contributed by atoms with E-state index in [0.29, 0.717) is 11.3 Å². The fourth-order valence-electron chi connectivity index (χ4n) is 3.04. The minimum Gasteiger partial charge on any atom is -0.476 e. The maximum atomic E-state index is 13.0. The average molecular weight is 444 g/mol. The largest absolute Gasteiger partial charge is 0.476 e. The lowest BCUT2D eigenvalue weighted by Crippen LogP contribution is -2.54. The second kappa shape index (κ2) is 8.57. The number of ether oxygens (including phenoxy) is 1. The van der Waals surface area contributed by atoms with Crippen molar-refractivity contribution in [2.75, 3.05) is 11.5 Å². The van der Waals surface area contributed by atoms with E-state index in [1.807, 2.05) is 26.0 Å². The van der Waals surface area contributed by atoms with Crippen LogP contribution in [0, 0.1) is 25.2 Å². The zero-order valence-corrected chi connectivity index (χ0v) is 17.5. The molecule has 2 aromatic carbocycles. The smallest absolute Gasteiger partial charge is 0.335 e. The molecule has 1 aliphatic rings. The molecule has 9 heteroatoms. The molecule has 0 radical (unpaired) electrons. The first-order chi connectivity index (χ1) is 14.2. The van der Waals surface area contributed by atoms with Gasteiger partial charge < -0.3 is 4.74 Å². The summed E-state index contributed by atoms with van der Waals surface area (Å²) in [4.78, 5) is 38.6. The number of benzene rings is 2. The standard InChI is InChI=1S/C21H15Cl2N3O4/c1-11-5-12(2)7-14(6-11)26-20(28)15(19(27)25-21(26)29)8-13-9-16(22)18(17(23)10-13)30-4-3-24/h5-10H,4H2,1-2H3,(H,25,27,29)/b15-8+. The summed E-state index contributed by atoms with van der Waals surface area (Å²) in [5.74, 6) is -1.48. The van der Waals surface area contributed by atoms with E-state index in [0.717, 1.165) is 16.0 Å². The van der Waals surface area contributed by atoms with Crippen LogP contribution in [0.4, 0.5) is 10.5 Å². The summed E-state index contributed by atoms with van der Waals surface area (Å²) in [5.41, 5.74) is 2.16. The number of aryl methyl sites for hydroxylation is 2. The molecule has 1 aliphatic heterocycles. The van der Waals surface area contributed by atoms with Crippen LogP contribution in [0.1, 0.15) is 16.7 Å². The first-order valence-corrected chi connectivity index (χ1v) is 9.45. The van der Waals surface area contributed by atoms with Crippen molar-refractivity contribution in [2.45, 2.75) is 13.8 Å². The fourth-order valence-corrected chi connectivity index (χ4v) is 3.66. The van der Waals surface area contributed by atoms with Gasteiger partial charge in [0.15, 0.2) is 12.4 Å². The zero-order valence-electron chi connectivity index (χ0n) is 16.0. The molecule has 1 N–H and O–H groups in total. The van der Waals surface area contributed by atoms with E-state index in [9.17, 15) is 14.4 Å². The Bertz CT molecular complexity index is 1110. The summed E-state index contributed by atoms with van der Waals surface area (Å²) in [6.07, 6.45) is 1.28. The number of carbonyl (C=O) groups excluding carboxylic acids is 3. The van der Waals surface area contributed by atoms with Crippen molar-refractivity contribution in [3.05, 3.63) is 62.6 Å². The lowest BCUT2D eigenvalue weighted by Gasteiger charge is -2.27. The summed E-state index contributed by atoms with van der Waals surface area (Å²) >= 11 is 12.3. The zero-order chi connectivity index (χ0) is 22.0. The minimum atomic E-state index is -0.831. The highest BCUT2D eigenvalue weighted by Gasteiger charge is 2.37. The van der Waals surface area contributed by atoms with Crippen LogP contribution in [-0.4, -0.2) is 24.5 Å². The normalized spacial score (nSPS) is 15.2. The van der Waals surface area contributed by atoms with Gasteiger partial charge >= 0.3 is 6.03 Å². The van der Waals surface area contributed by atoms with Gasteiger partial charge in [-0.3, -0.25) is 14.9 Å². The van der Waals surface area contributed by atoms with Gasteiger partial charge in [0.25, 0.3) is 11.8 Å². The van der Waals surface area contributed by atoms with E-state index < -0.39 is 17.8 Å². The van der Waals surface area contributed by atoms with E-state index in [2.05, 4.69) is 5.32 Å². The molecule has 0 aliphatic carbocycles. The van der Waals surface area contributed by atoms with Crippen LogP contribution < -0.4 is 15.0 Å². The predicted octanol–water partition coefficient (Wildman–Crippen LogP) is 4.18. The number of amides is 4. The van der Waals surface area contributed by atoms with Crippen molar-refractivity contribution in [1.82, 2.24) is 5.32 Å². The number of nitrogens with one attached hydrogen (secondary N) is 1. The Hall–Kier alpha value is -3.34. The number of imide groups is 2. The lowest BCUT2D eigenvalue weighted by molar-refractivity contribution is -0.122. The Labute approximate surface area is 182 Å². The molecule has 1 fully saturated rings. The number of barbiturate groups is 1. The van der Waals surface area contributed by atoms with Crippen LogP contribution in [0.2, 0.25) is 10.0 Å². The molecule has 30 heavy (non-hydrogen) atoms. The summed E-state index contributed by atoms with van der Waals surface area (Å²) in [6.45, 7) is 3.43. The molecule has 3 rings (SSSR count). The Morgan fingerprint density at radius 1 is 1.07 bits per heavy atom.